The number of pyridine rings is 1. The van der Waals surface area contributed by atoms with Crippen LogP contribution in [0.1, 0.15) is 26.7 Å². The second kappa shape index (κ2) is 7.67. The average molecular weight is 339 g/mol. The lowest BCUT2D eigenvalue weighted by molar-refractivity contribution is 0.747. The van der Waals surface area contributed by atoms with Gasteiger partial charge in [0.15, 0.2) is 0 Å². The van der Waals surface area contributed by atoms with E-state index in [0.29, 0.717) is 0 Å². The predicted molar refractivity (Wildman–Crippen MR) is 105 cm³/mol. The molecule has 0 spiro atoms. The molecular formula is C21H23ClN2. The second-order valence-corrected chi connectivity index (χ2v) is 6.44. The molecule has 0 bridgehead atoms. The number of benzene rings is 2. The average Bonchev–Trinajstić information content (AvgIpc) is 2.61. The highest BCUT2D eigenvalue weighted by molar-refractivity contribution is 6.34. The molecule has 0 saturated carbocycles. The van der Waals surface area contributed by atoms with Crippen molar-refractivity contribution in [3.05, 3.63) is 59.8 Å². The van der Waals surface area contributed by atoms with E-state index < -0.39 is 0 Å². The van der Waals surface area contributed by atoms with E-state index in [0.717, 1.165) is 53.0 Å². The highest BCUT2D eigenvalue weighted by atomic mass is 35.5. The minimum absolute atomic E-state index is 0.774. The quantitative estimate of drug-likeness (QED) is 0.533. The summed E-state index contributed by atoms with van der Waals surface area (Å²) in [6, 6.07) is 16.5. The number of nitrogens with zero attached hydrogens (tertiary/aromatic N) is 2. The summed E-state index contributed by atoms with van der Waals surface area (Å²) in [6.45, 7) is 6.52. The Labute approximate surface area is 149 Å². The fourth-order valence-corrected chi connectivity index (χ4v) is 3.43. The third-order valence-electron chi connectivity index (χ3n) is 4.22. The lowest BCUT2D eigenvalue weighted by Crippen LogP contribution is -2.25. The van der Waals surface area contributed by atoms with Crippen LogP contribution in [0, 0.1) is 0 Å². The van der Waals surface area contributed by atoms with Crippen LogP contribution in [0.2, 0.25) is 5.02 Å². The molecule has 0 N–H and O–H groups in total. The van der Waals surface area contributed by atoms with Crippen molar-refractivity contribution < 1.29 is 0 Å². The monoisotopic (exact) mass is 338 g/mol. The van der Waals surface area contributed by atoms with Gasteiger partial charge < -0.3 is 4.90 Å². The van der Waals surface area contributed by atoms with Gasteiger partial charge in [-0.3, -0.25) is 4.98 Å². The Morgan fingerprint density at radius 3 is 2.33 bits per heavy atom. The number of hydrogen-bond donors (Lipinski definition) is 0. The van der Waals surface area contributed by atoms with Crippen LogP contribution in [0.5, 0.6) is 0 Å². The van der Waals surface area contributed by atoms with Crippen molar-refractivity contribution in [3.63, 3.8) is 0 Å². The summed E-state index contributed by atoms with van der Waals surface area (Å²) >= 11 is 6.62. The molecule has 1 heterocycles. The second-order valence-electron chi connectivity index (χ2n) is 6.03. The van der Waals surface area contributed by atoms with Crippen molar-refractivity contribution in [1.82, 2.24) is 4.98 Å². The molecule has 3 rings (SSSR count). The zero-order valence-electron chi connectivity index (χ0n) is 14.3. The molecule has 3 aromatic rings. The van der Waals surface area contributed by atoms with Gasteiger partial charge in [-0.25, -0.2) is 0 Å². The van der Waals surface area contributed by atoms with Crippen molar-refractivity contribution in [2.75, 3.05) is 18.0 Å². The van der Waals surface area contributed by atoms with E-state index >= 15 is 0 Å². The summed E-state index contributed by atoms with van der Waals surface area (Å²) in [6.07, 6.45) is 4.15. The van der Waals surface area contributed by atoms with Crippen LogP contribution >= 0.6 is 11.6 Å². The predicted octanol–water partition coefficient (Wildman–Crippen LogP) is 6.18. The van der Waals surface area contributed by atoms with Crippen LogP contribution in [0.3, 0.4) is 0 Å². The van der Waals surface area contributed by atoms with Gasteiger partial charge in [-0.15, -0.1) is 0 Å². The number of aromatic nitrogens is 1. The fraction of sp³-hybridized carbons (Fsp3) is 0.286. The van der Waals surface area contributed by atoms with Gasteiger partial charge in [0, 0.05) is 40.9 Å². The van der Waals surface area contributed by atoms with Crippen LogP contribution in [0.25, 0.3) is 22.0 Å². The van der Waals surface area contributed by atoms with Crippen LogP contribution in [0.15, 0.2) is 54.7 Å². The van der Waals surface area contributed by atoms with E-state index in [1.165, 1.54) is 5.69 Å². The third-order valence-corrected chi connectivity index (χ3v) is 4.53. The first-order valence-electron chi connectivity index (χ1n) is 8.63. The fourth-order valence-electron chi connectivity index (χ4n) is 3.16. The van der Waals surface area contributed by atoms with Gasteiger partial charge >= 0.3 is 0 Å². The molecule has 124 valence electrons. The number of anilines is 1. The molecule has 0 atom stereocenters. The van der Waals surface area contributed by atoms with Crippen molar-refractivity contribution >= 4 is 28.2 Å². The Balaban J connectivity index is 2.13. The highest BCUT2D eigenvalue weighted by Crippen LogP contribution is 2.35. The van der Waals surface area contributed by atoms with Crippen LogP contribution in [-0.4, -0.2) is 18.1 Å². The third kappa shape index (κ3) is 3.39. The van der Waals surface area contributed by atoms with Crippen molar-refractivity contribution in [3.8, 4) is 11.1 Å². The minimum Gasteiger partial charge on any atom is -0.371 e. The molecule has 0 aliphatic heterocycles. The molecule has 2 aromatic carbocycles. The molecule has 1 aromatic heterocycles. The van der Waals surface area contributed by atoms with E-state index in [2.05, 4.69) is 54.1 Å². The van der Waals surface area contributed by atoms with E-state index in [-0.39, 0.29) is 0 Å². The van der Waals surface area contributed by atoms with Gasteiger partial charge in [0.2, 0.25) is 0 Å². The summed E-state index contributed by atoms with van der Waals surface area (Å²) < 4.78 is 0. The molecule has 0 aliphatic carbocycles. The van der Waals surface area contributed by atoms with Crippen LogP contribution < -0.4 is 4.90 Å². The summed E-state index contributed by atoms with van der Waals surface area (Å²) in [5.74, 6) is 0. The first-order valence-corrected chi connectivity index (χ1v) is 9.01. The van der Waals surface area contributed by atoms with Gasteiger partial charge in [0.1, 0.15) is 0 Å². The zero-order chi connectivity index (χ0) is 16.9. The normalized spacial score (nSPS) is 11.0. The minimum atomic E-state index is 0.774. The Hall–Kier alpha value is -2.06. The molecule has 0 fully saturated rings. The first kappa shape index (κ1) is 16.8. The smallest absolute Gasteiger partial charge is 0.0730 e. The lowest BCUT2D eigenvalue weighted by Gasteiger charge is -2.25. The summed E-state index contributed by atoms with van der Waals surface area (Å²) in [7, 11) is 0. The SMILES string of the molecule is CCCN(CCC)c1ccnc2cc(-c3ccccc3)c(Cl)cc12. The Morgan fingerprint density at radius 1 is 0.958 bits per heavy atom. The van der Waals surface area contributed by atoms with E-state index in [9.17, 15) is 0 Å². The maximum Gasteiger partial charge on any atom is 0.0730 e. The summed E-state index contributed by atoms with van der Waals surface area (Å²) in [4.78, 5) is 7.02. The first-order chi connectivity index (χ1) is 11.7. The van der Waals surface area contributed by atoms with Gasteiger partial charge in [0.05, 0.1) is 5.52 Å². The van der Waals surface area contributed by atoms with Gasteiger partial charge in [0.25, 0.3) is 0 Å². The van der Waals surface area contributed by atoms with Gasteiger partial charge in [-0.1, -0.05) is 55.8 Å². The number of halogens is 1. The largest absolute Gasteiger partial charge is 0.371 e. The van der Waals surface area contributed by atoms with Crippen molar-refractivity contribution in [1.29, 1.82) is 0 Å². The van der Waals surface area contributed by atoms with E-state index in [1.807, 2.05) is 24.4 Å². The molecule has 0 saturated heterocycles. The number of rotatable bonds is 6. The zero-order valence-corrected chi connectivity index (χ0v) is 15.1. The van der Waals surface area contributed by atoms with Gasteiger partial charge in [-0.2, -0.15) is 0 Å². The molecule has 3 heteroatoms. The molecule has 0 amide bonds. The molecular weight excluding hydrogens is 316 g/mol. The standard InChI is InChI=1S/C21H23ClN2/c1-3-12-24(13-4-2)21-10-11-23-20-15-17(19(22)14-18(20)21)16-8-6-5-7-9-16/h5-11,14-15H,3-4,12-13H2,1-2H3. The number of fused-ring (bicyclic) bond motifs is 1. The van der Waals surface area contributed by atoms with E-state index in [1.54, 1.807) is 0 Å². The summed E-state index contributed by atoms with van der Waals surface area (Å²) in [5.41, 5.74) is 4.38. The van der Waals surface area contributed by atoms with Crippen molar-refractivity contribution in [2.24, 2.45) is 0 Å². The Morgan fingerprint density at radius 2 is 1.67 bits per heavy atom. The highest BCUT2D eigenvalue weighted by Gasteiger charge is 2.13. The lowest BCUT2D eigenvalue weighted by atomic mass is 10.0. The molecule has 0 radical (unpaired) electrons. The van der Waals surface area contributed by atoms with Crippen molar-refractivity contribution in [2.45, 2.75) is 26.7 Å². The van der Waals surface area contributed by atoms with E-state index in [4.69, 9.17) is 11.6 Å². The van der Waals surface area contributed by atoms with Crippen LogP contribution in [-0.2, 0) is 0 Å². The molecule has 0 aliphatic rings. The number of hydrogen-bond acceptors (Lipinski definition) is 2. The maximum atomic E-state index is 6.62. The maximum absolute atomic E-state index is 6.62. The van der Waals surface area contributed by atoms with Crippen LogP contribution in [0.4, 0.5) is 5.69 Å². The Kier molecular flexibility index (Phi) is 5.37. The Bertz CT molecular complexity index is 809. The molecule has 0 unspecified atom stereocenters. The molecule has 2 nitrogen and oxygen atoms in total. The van der Waals surface area contributed by atoms with Gasteiger partial charge in [-0.05, 0) is 36.6 Å². The molecule has 24 heavy (non-hydrogen) atoms. The topological polar surface area (TPSA) is 16.1 Å². The summed E-state index contributed by atoms with van der Waals surface area (Å²) in [5, 5.41) is 1.90.